The van der Waals surface area contributed by atoms with Gasteiger partial charge in [-0.15, -0.1) is 8.78 Å². The molecule has 0 saturated carbocycles. The second-order valence-electron chi connectivity index (χ2n) is 4.07. The molecule has 19 heavy (non-hydrogen) atoms. The molecule has 0 aliphatic carbocycles. The van der Waals surface area contributed by atoms with Gasteiger partial charge in [-0.3, -0.25) is 0 Å². The molecule has 0 unspecified atom stereocenters. The lowest BCUT2D eigenvalue weighted by Crippen LogP contribution is -2.26. The Morgan fingerprint density at radius 2 is 2.05 bits per heavy atom. The average molecular weight is 262 g/mol. The fourth-order valence-electron chi connectivity index (χ4n) is 2.03. The van der Waals surface area contributed by atoms with E-state index in [2.05, 4.69) is 9.47 Å². The number of aromatic nitrogens is 1. The monoisotopic (exact) mass is 262 g/mol. The summed E-state index contributed by atoms with van der Waals surface area (Å²) in [7, 11) is 0. The molecule has 1 aliphatic rings. The van der Waals surface area contributed by atoms with E-state index in [0.717, 1.165) is 0 Å². The van der Waals surface area contributed by atoms with E-state index >= 15 is 0 Å². The van der Waals surface area contributed by atoms with Crippen molar-refractivity contribution in [2.75, 3.05) is 0 Å². The van der Waals surface area contributed by atoms with Crippen LogP contribution in [0.4, 0.5) is 8.78 Å². The number of hydrogen-bond acceptors (Lipinski definition) is 3. The summed E-state index contributed by atoms with van der Waals surface area (Å²) in [6.45, 7) is 1.73. The molecule has 3 rings (SSSR count). The Labute approximate surface area is 107 Å². The van der Waals surface area contributed by atoms with E-state index in [4.69, 9.17) is 5.26 Å². The minimum atomic E-state index is -3.66. The minimum absolute atomic E-state index is 0.0193. The molecule has 0 radical (unpaired) electrons. The molecule has 0 atom stereocenters. The topological polar surface area (TPSA) is 47.2 Å². The Balaban J connectivity index is 2.16. The van der Waals surface area contributed by atoms with E-state index in [1.807, 2.05) is 6.07 Å². The number of benzene rings is 1. The highest BCUT2D eigenvalue weighted by atomic mass is 19.3. The van der Waals surface area contributed by atoms with Crippen molar-refractivity contribution in [3.05, 3.63) is 41.7 Å². The van der Waals surface area contributed by atoms with E-state index in [-0.39, 0.29) is 11.5 Å². The zero-order valence-corrected chi connectivity index (χ0v) is 9.85. The van der Waals surface area contributed by atoms with Gasteiger partial charge in [-0.2, -0.15) is 5.26 Å². The number of nitrogens with zero attached hydrogens (tertiary/aromatic N) is 2. The average Bonchev–Trinajstić information content (AvgIpc) is 2.86. The number of alkyl halides is 2. The first-order valence-corrected chi connectivity index (χ1v) is 5.49. The maximum absolute atomic E-state index is 13.1. The predicted octanol–water partition coefficient (Wildman–Crippen LogP) is 2.98. The molecule has 0 spiro atoms. The molecular weight excluding hydrogens is 254 g/mol. The van der Waals surface area contributed by atoms with Gasteiger partial charge < -0.3 is 14.0 Å². The summed E-state index contributed by atoms with van der Waals surface area (Å²) in [6, 6.07) is 8.26. The van der Waals surface area contributed by atoms with Gasteiger partial charge in [0, 0.05) is 11.9 Å². The Hall–Kier alpha value is -2.55. The minimum Gasteiger partial charge on any atom is -0.395 e. The van der Waals surface area contributed by atoms with Crippen molar-refractivity contribution in [1.29, 1.82) is 5.26 Å². The summed E-state index contributed by atoms with van der Waals surface area (Å²) in [4.78, 5) is 0. The molecule has 1 aromatic carbocycles. The van der Waals surface area contributed by atoms with Gasteiger partial charge in [0.05, 0.1) is 11.3 Å². The highest BCUT2D eigenvalue weighted by molar-refractivity contribution is 5.59. The van der Waals surface area contributed by atoms with Crippen LogP contribution in [0.5, 0.6) is 11.5 Å². The fourth-order valence-corrected chi connectivity index (χ4v) is 2.03. The molecule has 0 fully saturated rings. The van der Waals surface area contributed by atoms with Gasteiger partial charge in [0.1, 0.15) is 6.07 Å². The molecular formula is C13H8F2N2O2. The normalized spacial score (nSPS) is 15.3. The molecule has 4 nitrogen and oxygen atoms in total. The second-order valence-corrected chi connectivity index (χ2v) is 4.07. The lowest BCUT2D eigenvalue weighted by Gasteiger charge is -2.09. The molecule has 0 saturated heterocycles. The number of halogens is 2. The van der Waals surface area contributed by atoms with Crippen LogP contribution in [0.25, 0.3) is 5.69 Å². The molecule has 0 amide bonds. The number of hydrogen-bond donors (Lipinski definition) is 0. The Kier molecular flexibility index (Phi) is 2.26. The Morgan fingerprint density at radius 1 is 1.26 bits per heavy atom. The van der Waals surface area contributed by atoms with Crippen molar-refractivity contribution >= 4 is 0 Å². The first-order valence-electron chi connectivity index (χ1n) is 5.49. The molecule has 96 valence electrons. The third kappa shape index (κ3) is 1.71. The SMILES string of the molecule is Cc1c(C#N)ccn1-c1cccc2c1OC(F)(F)O2. The van der Waals surface area contributed by atoms with E-state index in [1.165, 1.54) is 6.07 Å². The van der Waals surface area contributed by atoms with Crippen LogP contribution in [0.15, 0.2) is 30.5 Å². The molecule has 2 heterocycles. The van der Waals surface area contributed by atoms with Crippen molar-refractivity contribution in [3.8, 4) is 23.3 Å². The maximum Gasteiger partial charge on any atom is 0.586 e. The van der Waals surface area contributed by atoms with Gasteiger partial charge in [-0.1, -0.05) is 6.07 Å². The maximum atomic E-state index is 13.1. The molecule has 1 aliphatic heterocycles. The van der Waals surface area contributed by atoms with Crippen LogP contribution in [0.3, 0.4) is 0 Å². The smallest absolute Gasteiger partial charge is 0.395 e. The lowest BCUT2D eigenvalue weighted by atomic mass is 10.2. The first kappa shape index (κ1) is 11.5. The van der Waals surface area contributed by atoms with Gasteiger partial charge >= 0.3 is 6.29 Å². The molecule has 0 N–H and O–H groups in total. The van der Waals surface area contributed by atoms with Crippen LogP contribution in [-0.2, 0) is 0 Å². The van der Waals surface area contributed by atoms with Crippen molar-refractivity contribution in [2.45, 2.75) is 13.2 Å². The zero-order chi connectivity index (χ0) is 13.6. The van der Waals surface area contributed by atoms with Crippen LogP contribution in [0.1, 0.15) is 11.3 Å². The fraction of sp³-hybridized carbons (Fsp3) is 0.154. The second kappa shape index (κ2) is 3.72. The van der Waals surface area contributed by atoms with Gasteiger partial charge in [-0.05, 0) is 25.1 Å². The Morgan fingerprint density at radius 3 is 2.74 bits per heavy atom. The van der Waals surface area contributed by atoms with Crippen molar-refractivity contribution in [2.24, 2.45) is 0 Å². The summed E-state index contributed by atoms with van der Waals surface area (Å²) in [6.07, 6.45) is -2.03. The summed E-state index contributed by atoms with van der Waals surface area (Å²) in [5, 5.41) is 8.92. The van der Waals surface area contributed by atoms with Crippen LogP contribution < -0.4 is 9.47 Å². The van der Waals surface area contributed by atoms with Crippen molar-refractivity contribution < 1.29 is 18.3 Å². The summed E-state index contributed by atoms with van der Waals surface area (Å²) < 4.78 is 36.7. The zero-order valence-electron chi connectivity index (χ0n) is 9.85. The Bertz CT molecular complexity index is 701. The van der Waals surface area contributed by atoms with Gasteiger partial charge in [0.25, 0.3) is 0 Å². The summed E-state index contributed by atoms with van der Waals surface area (Å²) in [5.41, 5.74) is 1.53. The molecule has 0 bridgehead atoms. The standard InChI is InChI=1S/C13H8F2N2O2/c1-8-9(7-16)5-6-17(8)10-3-2-4-11-12(10)19-13(14,15)18-11/h2-6H,1H3. The van der Waals surface area contributed by atoms with E-state index < -0.39 is 6.29 Å². The lowest BCUT2D eigenvalue weighted by molar-refractivity contribution is -0.286. The third-order valence-electron chi connectivity index (χ3n) is 2.93. The van der Waals surface area contributed by atoms with Crippen LogP contribution >= 0.6 is 0 Å². The van der Waals surface area contributed by atoms with E-state index in [9.17, 15) is 8.78 Å². The first-order chi connectivity index (χ1) is 9.02. The summed E-state index contributed by atoms with van der Waals surface area (Å²) in [5.74, 6) is -0.0511. The molecule has 2 aromatic rings. The predicted molar refractivity (Wildman–Crippen MR) is 61.4 cm³/mol. The van der Waals surface area contributed by atoms with Crippen LogP contribution in [-0.4, -0.2) is 10.9 Å². The van der Waals surface area contributed by atoms with Gasteiger partial charge in [0.15, 0.2) is 11.5 Å². The van der Waals surface area contributed by atoms with Gasteiger partial charge in [-0.25, -0.2) is 0 Å². The third-order valence-corrected chi connectivity index (χ3v) is 2.93. The van der Waals surface area contributed by atoms with Crippen LogP contribution in [0.2, 0.25) is 0 Å². The number of para-hydroxylation sites is 1. The number of rotatable bonds is 1. The summed E-state index contributed by atoms with van der Waals surface area (Å²) >= 11 is 0. The number of nitriles is 1. The highest BCUT2D eigenvalue weighted by Gasteiger charge is 2.44. The van der Waals surface area contributed by atoms with Gasteiger partial charge in [0.2, 0.25) is 0 Å². The largest absolute Gasteiger partial charge is 0.586 e. The van der Waals surface area contributed by atoms with Crippen LogP contribution in [0, 0.1) is 18.3 Å². The quantitative estimate of drug-likeness (QED) is 0.793. The van der Waals surface area contributed by atoms with Crippen molar-refractivity contribution in [1.82, 2.24) is 4.57 Å². The molecule has 1 aromatic heterocycles. The number of ether oxygens (including phenoxy) is 2. The van der Waals surface area contributed by atoms with Crippen molar-refractivity contribution in [3.63, 3.8) is 0 Å². The molecule has 6 heteroatoms. The van der Waals surface area contributed by atoms with E-state index in [0.29, 0.717) is 16.9 Å². The number of fused-ring (bicyclic) bond motifs is 1. The van der Waals surface area contributed by atoms with E-state index in [1.54, 1.807) is 35.9 Å². The highest BCUT2D eigenvalue weighted by Crippen LogP contribution is 2.45.